The summed E-state index contributed by atoms with van der Waals surface area (Å²) in [6, 6.07) is 9.01. The van der Waals surface area contributed by atoms with Gasteiger partial charge < -0.3 is 4.74 Å². The summed E-state index contributed by atoms with van der Waals surface area (Å²) < 4.78 is 5.26. The number of hydrogen-bond donors (Lipinski definition) is 0. The molecule has 0 amide bonds. The molecule has 2 heteroatoms. The molecule has 0 fully saturated rings. The van der Waals surface area contributed by atoms with E-state index in [1.807, 2.05) is 37.3 Å². The lowest BCUT2D eigenvalue weighted by molar-refractivity contribution is 0.0633. The van der Waals surface area contributed by atoms with E-state index in [9.17, 15) is 4.79 Å². The van der Waals surface area contributed by atoms with Gasteiger partial charge in [-0.25, -0.2) is 4.79 Å². The molecule has 0 aromatic heterocycles. The Kier molecular flexibility index (Phi) is 2.68. The number of carbonyl (C=O) groups is 1. The first kappa shape index (κ1) is 9.71. The second kappa shape index (κ2) is 4.13. The summed E-state index contributed by atoms with van der Waals surface area (Å²) in [5, 5.41) is 0. The van der Waals surface area contributed by atoms with E-state index < -0.39 is 0 Å². The number of carbonyl (C=O) groups excluding carboxylic acids is 1. The van der Waals surface area contributed by atoms with E-state index in [4.69, 9.17) is 4.74 Å². The van der Waals surface area contributed by atoms with E-state index >= 15 is 0 Å². The van der Waals surface area contributed by atoms with Crippen LogP contribution in [0.5, 0.6) is 0 Å². The lowest BCUT2D eigenvalue weighted by Gasteiger charge is -2.05. The number of allylic oxidation sites excluding steroid dienone is 3. The molecule has 0 heterocycles. The molecule has 0 unspecified atom stereocenters. The Morgan fingerprint density at radius 3 is 2.53 bits per heavy atom. The number of rotatable bonds is 2. The zero-order chi connectivity index (χ0) is 10.7. The molecule has 2 rings (SSSR count). The Hall–Kier alpha value is -1.83. The van der Waals surface area contributed by atoms with E-state index in [-0.39, 0.29) is 5.97 Å². The highest BCUT2D eigenvalue weighted by molar-refractivity contribution is 5.90. The number of ether oxygens (including phenoxy) is 1. The van der Waals surface area contributed by atoms with Crippen molar-refractivity contribution >= 4 is 5.97 Å². The Morgan fingerprint density at radius 1 is 1.20 bits per heavy atom. The molecule has 1 aromatic carbocycles. The summed E-state index contributed by atoms with van der Waals surface area (Å²) >= 11 is 0. The van der Waals surface area contributed by atoms with Gasteiger partial charge in [-0.05, 0) is 37.1 Å². The third kappa shape index (κ3) is 2.15. The molecular formula is C13H12O2. The SMILES string of the molecule is CC1=CCC=C1OC(=O)c1ccccc1. The van der Waals surface area contributed by atoms with E-state index in [1.165, 1.54) is 0 Å². The van der Waals surface area contributed by atoms with Gasteiger partial charge in [0.05, 0.1) is 5.56 Å². The molecule has 0 radical (unpaired) electrons. The highest BCUT2D eigenvalue weighted by Gasteiger charge is 2.12. The largest absolute Gasteiger partial charge is 0.423 e. The first-order chi connectivity index (χ1) is 7.27. The Balaban J connectivity index is 2.08. The average molecular weight is 200 g/mol. The smallest absolute Gasteiger partial charge is 0.343 e. The molecular weight excluding hydrogens is 188 g/mol. The molecule has 0 atom stereocenters. The van der Waals surface area contributed by atoms with Crippen molar-refractivity contribution in [3.8, 4) is 0 Å². The maximum Gasteiger partial charge on any atom is 0.343 e. The van der Waals surface area contributed by atoms with Gasteiger partial charge in [0.1, 0.15) is 5.76 Å². The van der Waals surface area contributed by atoms with Crippen LogP contribution in [0.1, 0.15) is 23.7 Å². The van der Waals surface area contributed by atoms with Crippen LogP contribution in [0.15, 0.2) is 53.8 Å². The zero-order valence-electron chi connectivity index (χ0n) is 8.57. The van der Waals surface area contributed by atoms with Gasteiger partial charge in [-0.1, -0.05) is 24.3 Å². The van der Waals surface area contributed by atoms with Gasteiger partial charge in [0.15, 0.2) is 0 Å². The molecule has 0 bridgehead atoms. The van der Waals surface area contributed by atoms with Crippen molar-refractivity contribution in [3.05, 3.63) is 59.4 Å². The second-order valence-electron chi connectivity index (χ2n) is 3.45. The van der Waals surface area contributed by atoms with Crippen LogP contribution in [0.2, 0.25) is 0 Å². The fourth-order valence-corrected chi connectivity index (χ4v) is 1.46. The minimum absolute atomic E-state index is 0.295. The third-order valence-corrected chi connectivity index (χ3v) is 2.33. The van der Waals surface area contributed by atoms with Gasteiger partial charge in [-0.2, -0.15) is 0 Å². The summed E-state index contributed by atoms with van der Waals surface area (Å²) in [4.78, 5) is 11.7. The van der Waals surface area contributed by atoms with Crippen LogP contribution >= 0.6 is 0 Å². The minimum Gasteiger partial charge on any atom is -0.423 e. The quantitative estimate of drug-likeness (QED) is 0.686. The third-order valence-electron chi connectivity index (χ3n) is 2.33. The lowest BCUT2D eigenvalue weighted by Crippen LogP contribution is -2.04. The Morgan fingerprint density at radius 2 is 1.93 bits per heavy atom. The number of esters is 1. The maximum atomic E-state index is 11.7. The molecule has 15 heavy (non-hydrogen) atoms. The molecule has 1 aromatic rings. The summed E-state index contributed by atoms with van der Waals surface area (Å²) in [6.45, 7) is 1.94. The van der Waals surface area contributed by atoms with Crippen LogP contribution < -0.4 is 0 Å². The molecule has 2 nitrogen and oxygen atoms in total. The van der Waals surface area contributed by atoms with Crippen LogP contribution in [-0.4, -0.2) is 5.97 Å². The van der Waals surface area contributed by atoms with Crippen LogP contribution in [0.4, 0.5) is 0 Å². The predicted molar refractivity (Wildman–Crippen MR) is 58.3 cm³/mol. The van der Waals surface area contributed by atoms with Gasteiger partial charge >= 0.3 is 5.97 Å². The van der Waals surface area contributed by atoms with Crippen LogP contribution in [0.3, 0.4) is 0 Å². The molecule has 0 aliphatic heterocycles. The average Bonchev–Trinajstić information content (AvgIpc) is 2.66. The summed E-state index contributed by atoms with van der Waals surface area (Å²) in [5.41, 5.74) is 1.61. The fourth-order valence-electron chi connectivity index (χ4n) is 1.46. The summed E-state index contributed by atoms with van der Waals surface area (Å²) in [7, 11) is 0. The monoisotopic (exact) mass is 200 g/mol. The maximum absolute atomic E-state index is 11.7. The highest BCUT2D eigenvalue weighted by atomic mass is 16.5. The highest BCUT2D eigenvalue weighted by Crippen LogP contribution is 2.20. The Bertz CT molecular complexity index is 427. The molecule has 0 saturated heterocycles. The van der Waals surface area contributed by atoms with Crippen molar-refractivity contribution < 1.29 is 9.53 Å². The summed E-state index contributed by atoms with van der Waals surface area (Å²) in [6.07, 6.45) is 4.80. The van der Waals surface area contributed by atoms with Crippen molar-refractivity contribution in [2.75, 3.05) is 0 Å². The van der Waals surface area contributed by atoms with E-state index in [2.05, 4.69) is 0 Å². The molecule has 1 aliphatic rings. The van der Waals surface area contributed by atoms with Gasteiger partial charge in [0.2, 0.25) is 0 Å². The van der Waals surface area contributed by atoms with E-state index in [1.54, 1.807) is 12.1 Å². The Labute approximate surface area is 88.9 Å². The van der Waals surface area contributed by atoms with E-state index in [0.717, 1.165) is 12.0 Å². The van der Waals surface area contributed by atoms with Gasteiger partial charge in [0, 0.05) is 0 Å². The molecule has 76 valence electrons. The summed E-state index contributed by atoms with van der Waals surface area (Å²) in [5.74, 6) is 0.389. The van der Waals surface area contributed by atoms with Crippen molar-refractivity contribution in [3.63, 3.8) is 0 Å². The topological polar surface area (TPSA) is 26.3 Å². The van der Waals surface area contributed by atoms with E-state index in [0.29, 0.717) is 11.3 Å². The number of hydrogen-bond acceptors (Lipinski definition) is 2. The van der Waals surface area contributed by atoms with Crippen molar-refractivity contribution in [1.82, 2.24) is 0 Å². The normalized spacial score (nSPS) is 14.5. The molecule has 1 aliphatic carbocycles. The van der Waals surface area contributed by atoms with Gasteiger partial charge in [-0.15, -0.1) is 0 Å². The van der Waals surface area contributed by atoms with Crippen LogP contribution in [0.25, 0.3) is 0 Å². The molecule has 0 N–H and O–H groups in total. The van der Waals surface area contributed by atoms with Crippen molar-refractivity contribution in [2.24, 2.45) is 0 Å². The van der Waals surface area contributed by atoms with Gasteiger partial charge in [0.25, 0.3) is 0 Å². The molecule has 0 spiro atoms. The number of benzene rings is 1. The zero-order valence-corrected chi connectivity index (χ0v) is 8.57. The predicted octanol–water partition coefficient (Wildman–Crippen LogP) is 3.08. The fraction of sp³-hybridized carbons (Fsp3) is 0.154. The molecule has 0 saturated carbocycles. The second-order valence-corrected chi connectivity index (χ2v) is 3.45. The van der Waals surface area contributed by atoms with Crippen LogP contribution in [0, 0.1) is 0 Å². The lowest BCUT2D eigenvalue weighted by atomic mass is 10.2. The standard InChI is InChI=1S/C13H12O2/c1-10-6-5-9-12(10)15-13(14)11-7-3-2-4-8-11/h2-4,6-9H,5H2,1H3. The van der Waals surface area contributed by atoms with Crippen LogP contribution in [-0.2, 0) is 4.74 Å². The van der Waals surface area contributed by atoms with Gasteiger partial charge in [-0.3, -0.25) is 0 Å². The first-order valence-corrected chi connectivity index (χ1v) is 4.92. The minimum atomic E-state index is -0.295. The first-order valence-electron chi connectivity index (χ1n) is 4.92. The van der Waals surface area contributed by atoms with Crippen molar-refractivity contribution in [2.45, 2.75) is 13.3 Å². The van der Waals surface area contributed by atoms with Crippen molar-refractivity contribution in [1.29, 1.82) is 0 Å².